The van der Waals surface area contributed by atoms with E-state index >= 15 is 0 Å². The summed E-state index contributed by atoms with van der Waals surface area (Å²) in [6.45, 7) is 10.6. The average molecular weight is 336 g/mol. The van der Waals surface area contributed by atoms with E-state index in [2.05, 4.69) is 42.9 Å². The van der Waals surface area contributed by atoms with Gasteiger partial charge in [0.05, 0.1) is 19.9 Å². The Morgan fingerprint density at radius 3 is 2.38 bits per heavy atom. The first kappa shape index (κ1) is 20.1. The van der Waals surface area contributed by atoms with Crippen molar-refractivity contribution in [2.24, 2.45) is 10.7 Å². The zero-order chi connectivity index (χ0) is 18.1. The number of aliphatic imine (C=N–C) groups is 1. The van der Waals surface area contributed by atoms with Crippen LogP contribution >= 0.6 is 0 Å². The van der Waals surface area contributed by atoms with Gasteiger partial charge in [-0.15, -0.1) is 0 Å². The number of ether oxygens (including phenoxy) is 2. The number of nitrogens with zero attached hydrogens (tertiary/aromatic N) is 2. The predicted molar refractivity (Wildman–Crippen MR) is 101 cm³/mol. The molecule has 1 aromatic rings. The number of nitrogens with two attached hydrogens (primary N) is 1. The summed E-state index contributed by atoms with van der Waals surface area (Å²) in [6, 6.07) is 6.57. The lowest BCUT2D eigenvalue weighted by Crippen LogP contribution is -2.38. The Bertz CT molecular complexity index is 522. The molecule has 0 saturated heterocycles. The number of hydrogen-bond donors (Lipinski definition) is 2. The molecule has 0 heterocycles. The number of benzene rings is 1. The molecule has 0 aliphatic heterocycles. The van der Waals surface area contributed by atoms with E-state index in [-0.39, 0.29) is 0 Å². The van der Waals surface area contributed by atoms with Gasteiger partial charge in [0.25, 0.3) is 0 Å². The van der Waals surface area contributed by atoms with Gasteiger partial charge in [-0.25, -0.2) is 0 Å². The maximum atomic E-state index is 5.99. The Morgan fingerprint density at radius 2 is 1.83 bits per heavy atom. The average Bonchev–Trinajstić information content (AvgIpc) is 2.53. The zero-order valence-electron chi connectivity index (χ0n) is 15.8. The van der Waals surface area contributed by atoms with Gasteiger partial charge in [0.2, 0.25) is 0 Å². The molecule has 0 amide bonds. The molecular weight excluding hydrogens is 304 g/mol. The fraction of sp³-hybridized carbons (Fsp3) is 0.611. The van der Waals surface area contributed by atoms with E-state index in [0.29, 0.717) is 30.3 Å². The highest BCUT2D eigenvalue weighted by molar-refractivity contribution is 5.93. The summed E-state index contributed by atoms with van der Waals surface area (Å²) in [7, 11) is 3.24. The molecule has 0 radical (unpaired) electrons. The fourth-order valence-electron chi connectivity index (χ4n) is 2.65. The number of hydrogen-bond acceptors (Lipinski definition) is 4. The maximum Gasteiger partial charge on any atom is 0.193 e. The van der Waals surface area contributed by atoms with E-state index in [0.717, 1.165) is 24.4 Å². The molecule has 3 N–H and O–H groups in total. The molecule has 1 aromatic carbocycles. The third kappa shape index (κ3) is 6.28. The van der Waals surface area contributed by atoms with Gasteiger partial charge < -0.3 is 20.5 Å². The van der Waals surface area contributed by atoms with Gasteiger partial charge in [-0.3, -0.25) is 9.89 Å². The molecule has 1 rings (SSSR count). The molecule has 6 heteroatoms. The summed E-state index contributed by atoms with van der Waals surface area (Å²) in [5.41, 5.74) is 6.73. The standard InChI is InChI=1S/C18H32N4O2/c1-13(2)22(14(3)4)11-7-10-20-18(19)21-16-12-15(23-5)8-9-17(16)24-6/h8-9,12-14H,7,10-11H2,1-6H3,(H3,19,20,21). The number of rotatable bonds is 9. The quantitative estimate of drug-likeness (QED) is 0.412. The molecule has 0 atom stereocenters. The van der Waals surface area contributed by atoms with Crippen molar-refractivity contribution in [1.82, 2.24) is 4.90 Å². The molecular formula is C18H32N4O2. The van der Waals surface area contributed by atoms with Gasteiger partial charge in [-0.1, -0.05) is 0 Å². The Balaban J connectivity index is 2.58. The van der Waals surface area contributed by atoms with Gasteiger partial charge in [-0.05, 0) is 46.2 Å². The van der Waals surface area contributed by atoms with Crippen LogP contribution < -0.4 is 20.5 Å². The van der Waals surface area contributed by atoms with Crippen LogP contribution in [0, 0.1) is 0 Å². The van der Waals surface area contributed by atoms with Crippen LogP contribution in [0.4, 0.5) is 5.69 Å². The van der Waals surface area contributed by atoms with Crippen LogP contribution in [-0.4, -0.2) is 50.3 Å². The molecule has 0 unspecified atom stereocenters. The van der Waals surface area contributed by atoms with Crippen molar-refractivity contribution in [3.05, 3.63) is 18.2 Å². The molecule has 136 valence electrons. The van der Waals surface area contributed by atoms with E-state index in [1.54, 1.807) is 14.2 Å². The molecule has 24 heavy (non-hydrogen) atoms. The number of guanidine groups is 1. The van der Waals surface area contributed by atoms with Crippen LogP contribution in [0.15, 0.2) is 23.2 Å². The topological polar surface area (TPSA) is 72.1 Å². The first-order valence-corrected chi connectivity index (χ1v) is 8.43. The lowest BCUT2D eigenvalue weighted by molar-refractivity contribution is 0.174. The van der Waals surface area contributed by atoms with Crippen molar-refractivity contribution < 1.29 is 9.47 Å². The third-order valence-electron chi connectivity index (χ3n) is 3.85. The van der Waals surface area contributed by atoms with Crippen molar-refractivity contribution in [2.45, 2.75) is 46.2 Å². The minimum atomic E-state index is 0.377. The minimum absolute atomic E-state index is 0.377. The van der Waals surface area contributed by atoms with E-state index in [1.165, 1.54) is 0 Å². The van der Waals surface area contributed by atoms with Crippen molar-refractivity contribution in [3.8, 4) is 11.5 Å². The maximum absolute atomic E-state index is 5.99. The number of methoxy groups -OCH3 is 2. The van der Waals surface area contributed by atoms with Gasteiger partial charge in [0.1, 0.15) is 11.5 Å². The SMILES string of the molecule is COc1ccc(OC)c(NC(N)=NCCCN(C(C)C)C(C)C)c1. The molecule has 6 nitrogen and oxygen atoms in total. The molecule has 0 bridgehead atoms. The van der Waals surface area contributed by atoms with Crippen LogP contribution in [-0.2, 0) is 0 Å². The van der Waals surface area contributed by atoms with Crippen molar-refractivity contribution >= 4 is 11.6 Å². The first-order chi connectivity index (χ1) is 11.4. The van der Waals surface area contributed by atoms with E-state index in [4.69, 9.17) is 15.2 Å². The largest absolute Gasteiger partial charge is 0.497 e. The van der Waals surface area contributed by atoms with Crippen LogP contribution in [0.3, 0.4) is 0 Å². The van der Waals surface area contributed by atoms with E-state index in [9.17, 15) is 0 Å². The normalized spacial score (nSPS) is 12.1. The number of nitrogens with one attached hydrogen (secondary N) is 1. The van der Waals surface area contributed by atoms with Gasteiger partial charge in [0, 0.05) is 31.2 Å². The van der Waals surface area contributed by atoms with Crippen molar-refractivity contribution in [2.75, 3.05) is 32.6 Å². The minimum Gasteiger partial charge on any atom is -0.497 e. The summed E-state index contributed by atoms with van der Waals surface area (Å²) >= 11 is 0. The molecule has 0 aliphatic rings. The van der Waals surface area contributed by atoms with Gasteiger partial charge >= 0.3 is 0 Å². The van der Waals surface area contributed by atoms with E-state index < -0.39 is 0 Å². The van der Waals surface area contributed by atoms with Gasteiger partial charge in [-0.2, -0.15) is 0 Å². The summed E-state index contributed by atoms with van der Waals surface area (Å²) in [5.74, 6) is 1.80. The highest BCUT2D eigenvalue weighted by Gasteiger charge is 2.12. The highest BCUT2D eigenvalue weighted by atomic mass is 16.5. The summed E-state index contributed by atoms with van der Waals surface area (Å²) in [6.07, 6.45) is 0.966. The second-order valence-electron chi connectivity index (χ2n) is 6.24. The zero-order valence-corrected chi connectivity index (χ0v) is 15.8. The second kappa shape index (κ2) is 10.0. The van der Waals surface area contributed by atoms with E-state index in [1.807, 2.05) is 18.2 Å². The Kier molecular flexibility index (Phi) is 8.40. The lowest BCUT2D eigenvalue weighted by atomic mass is 10.2. The van der Waals surface area contributed by atoms with Crippen LogP contribution in [0.5, 0.6) is 11.5 Å². The van der Waals surface area contributed by atoms with Crippen LogP contribution in [0.2, 0.25) is 0 Å². The van der Waals surface area contributed by atoms with Crippen LogP contribution in [0.25, 0.3) is 0 Å². The summed E-state index contributed by atoms with van der Waals surface area (Å²) in [5, 5.41) is 3.08. The monoisotopic (exact) mass is 336 g/mol. The molecule has 0 aromatic heterocycles. The molecule has 0 fully saturated rings. The van der Waals surface area contributed by atoms with Crippen molar-refractivity contribution in [3.63, 3.8) is 0 Å². The number of anilines is 1. The highest BCUT2D eigenvalue weighted by Crippen LogP contribution is 2.28. The fourth-order valence-corrected chi connectivity index (χ4v) is 2.65. The van der Waals surface area contributed by atoms with Gasteiger partial charge in [0.15, 0.2) is 5.96 Å². The smallest absolute Gasteiger partial charge is 0.193 e. The Hall–Kier alpha value is -1.95. The first-order valence-electron chi connectivity index (χ1n) is 8.43. The van der Waals surface area contributed by atoms with Crippen molar-refractivity contribution in [1.29, 1.82) is 0 Å². The third-order valence-corrected chi connectivity index (χ3v) is 3.85. The summed E-state index contributed by atoms with van der Waals surface area (Å²) < 4.78 is 10.5. The molecule has 0 aliphatic carbocycles. The molecule has 0 spiro atoms. The summed E-state index contributed by atoms with van der Waals surface area (Å²) in [4.78, 5) is 6.85. The second-order valence-corrected chi connectivity index (χ2v) is 6.24. The predicted octanol–water partition coefficient (Wildman–Crippen LogP) is 2.94. The van der Waals surface area contributed by atoms with Crippen LogP contribution in [0.1, 0.15) is 34.1 Å². The lowest BCUT2D eigenvalue weighted by Gasteiger charge is -2.30. The Labute approximate surface area is 146 Å². The Morgan fingerprint density at radius 1 is 1.17 bits per heavy atom. The molecule has 0 saturated carbocycles.